The fourth-order valence-electron chi connectivity index (χ4n) is 4.88. The zero-order chi connectivity index (χ0) is 14.0. The summed E-state index contributed by atoms with van der Waals surface area (Å²) in [5, 5.41) is 3.63. The van der Waals surface area contributed by atoms with Gasteiger partial charge in [0.2, 0.25) is 0 Å². The van der Waals surface area contributed by atoms with Crippen LogP contribution >= 0.6 is 0 Å². The summed E-state index contributed by atoms with van der Waals surface area (Å²) >= 11 is 0. The van der Waals surface area contributed by atoms with Crippen LogP contribution in [-0.4, -0.2) is 37.6 Å². The summed E-state index contributed by atoms with van der Waals surface area (Å²) in [7, 11) is 2.16. The monoisotopic (exact) mass is 266 g/mol. The van der Waals surface area contributed by atoms with E-state index in [1.165, 1.54) is 45.3 Å². The van der Waals surface area contributed by atoms with Gasteiger partial charge in [-0.1, -0.05) is 34.1 Å². The van der Waals surface area contributed by atoms with Crippen LogP contribution in [0.25, 0.3) is 0 Å². The highest BCUT2D eigenvalue weighted by molar-refractivity contribution is 4.94. The quantitative estimate of drug-likeness (QED) is 0.842. The van der Waals surface area contributed by atoms with E-state index in [9.17, 15) is 0 Å². The summed E-state index contributed by atoms with van der Waals surface area (Å²) in [6, 6.07) is 0.689. The van der Waals surface area contributed by atoms with E-state index >= 15 is 0 Å². The number of piperidine rings is 1. The van der Waals surface area contributed by atoms with E-state index < -0.39 is 0 Å². The fraction of sp³-hybridized carbons (Fsp3) is 1.00. The maximum atomic E-state index is 3.63. The smallest absolute Gasteiger partial charge is 0.0156 e. The summed E-state index contributed by atoms with van der Waals surface area (Å²) in [6.07, 6.45) is 5.62. The predicted octanol–water partition coefficient (Wildman–Crippen LogP) is 3.38. The van der Waals surface area contributed by atoms with Gasteiger partial charge in [-0.3, -0.25) is 0 Å². The molecule has 0 radical (unpaired) electrons. The van der Waals surface area contributed by atoms with E-state index in [-0.39, 0.29) is 0 Å². The highest BCUT2D eigenvalue weighted by atomic mass is 15.1. The Balaban J connectivity index is 1.97. The Hall–Kier alpha value is -0.0800. The number of likely N-dealkylation sites (tertiary alicyclic amines) is 1. The van der Waals surface area contributed by atoms with Crippen molar-refractivity contribution in [3.63, 3.8) is 0 Å². The van der Waals surface area contributed by atoms with Gasteiger partial charge in [0.05, 0.1) is 0 Å². The van der Waals surface area contributed by atoms with Crippen LogP contribution in [0.1, 0.15) is 53.4 Å². The summed E-state index contributed by atoms with van der Waals surface area (Å²) in [6.45, 7) is 13.7. The molecule has 112 valence electrons. The summed E-state index contributed by atoms with van der Waals surface area (Å²) < 4.78 is 0. The standard InChI is InChI=1S/C17H34N2/c1-13-9-14(2)11-19(10-13)12-15-7-6-8-17(3,4)16(15)18-5/h13-16,18H,6-12H2,1-5H3. The van der Waals surface area contributed by atoms with E-state index in [1.54, 1.807) is 0 Å². The first kappa shape index (κ1) is 15.3. The lowest BCUT2D eigenvalue weighted by atomic mass is 9.67. The molecule has 1 saturated heterocycles. The van der Waals surface area contributed by atoms with Crippen molar-refractivity contribution >= 4 is 0 Å². The molecule has 1 heterocycles. The lowest BCUT2D eigenvalue weighted by Gasteiger charge is -2.47. The van der Waals surface area contributed by atoms with Crippen molar-refractivity contribution in [1.82, 2.24) is 10.2 Å². The van der Waals surface area contributed by atoms with Gasteiger partial charge in [-0.05, 0) is 49.5 Å². The van der Waals surface area contributed by atoms with Crippen LogP contribution in [0.15, 0.2) is 0 Å². The molecule has 0 amide bonds. The van der Waals surface area contributed by atoms with Crippen molar-refractivity contribution in [3.05, 3.63) is 0 Å². The molecule has 2 heteroatoms. The van der Waals surface area contributed by atoms with Gasteiger partial charge in [0.15, 0.2) is 0 Å². The van der Waals surface area contributed by atoms with Crippen LogP contribution in [-0.2, 0) is 0 Å². The molecule has 2 rings (SSSR count). The third-order valence-electron chi connectivity index (χ3n) is 5.46. The van der Waals surface area contributed by atoms with Crippen molar-refractivity contribution in [2.45, 2.75) is 59.4 Å². The van der Waals surface area contributed by atoms with Crippen LogP contribution in [0.4, 0.5) is 0 Å². The molecule has 4 unspecified atom stereocenters. The number of rotatable bonds is 3. The van der Waals surface area contributed by atoms with Gasteiger partial charge >= 0.3 is 0 Å². The normalized spacial score (nSPS) is 40.3. The first-order valence-corrected chi connectivity index (χ1v) is 8.32. The van der Waals surface area contributed by atoms with E-state index in [4.69, 9.17) is 0 Å². The van der Waals surface area contributed by atoms with Crippen molar-refractivity contribution in [2.24, 2.45) is 23.2 Å². The van der Waals surface area contributed by atoms with Crippen molar-refractivity contribution in [3.8, 4) is 0 Å². The molecule has 1 aliphatic heterocycles. The molecule has 1 aliphatic carbocycles. The molecule has 19 heavy (non-hydrogen) atoms. The van der Waals surface area contributed by atoms with E-state index in [2.05, 4.69) is 45.0 Å². The maximum Gasteiger partial charge on any atom is 0.0156 e. The Kier molecular flexibility index (Phi) is 4.94. The van der Waals surface area contributed by atoms with Gasteiger partial charge in [0.25, 0.3) is 0 Å². The number of nitrogens with zero attached hydrogens (tertiary/aromatic N) is 1. The van der Waals surface area contributed by atoms with Crippen molar-refractivity contribution in [2.75, 3.05) is 26.7 Å². The second-order valence-corrected chi connectivity index (χ2v) is 8.07. The highest BCUT2D eigenvalue weighted by Gasteiger charge is 2.39. The molecular weight excluding hydrogens is 232 g/mol. The minimum absolute atomic E-state index is 0.463. The molecule has 4 atom stereocenters. The minimum Gasteiger partial charge on any atom is -0.316 e. The lowest BCUT2D eigenvalue weighted by molar-refractivity contribution is 0.0579. The van der Waals surface area contributed by atoms with Gasteiger partial charge in [0, 0.05) is 25.7 Å². The zero-order valence-electron chi connectivity index (χ0n) is 13.7. The first-order valence-electron chi connectivity index (χ1n) is 8.32. The lowest BCUT2D eigenvalue weighted by Crippen LogP contribution is -2.53. The number of hydrogen-bond donors (Lipinski definition) is 1. The predicted molar refractivity (Wildman–Crippen MR) is 83.4 cm³/mol. The molecule has 1 N–H and O–H groups in total. The Morgan fingerprint density at radius 2 is 1.79 bits per heavy atom. The maximum absolute atomic E-state index is 3.63. The molecule has 0 spiro atoms. The van der Waals surface area contributed by atoms with Crippen molar-refractivity contribution in [1.29, 1.82) is 0 Å². The number of hydrogen-bond acceptors (Lipinski definition) is 2. The van der Waals surface area contributed by atoms with Gasteiger partial charge in [0.1, 0.15) is 0 Å². The van der Waals surface area contributed by atoms with Gasteiger partial charge < -0.3 is 10.2 Å². The third kappa shape index (κ3) is 3.72. The molecule has 2 nitrogen and oxygen atoms in total. The second-order valence-electron chi connectivity index (χ2n) is 8.07. The molecule has 0 aromatic rings. The summed E-state index contributed by atoms with van der Waals surface area (Å²) in [5.74, 6) is 2.60. The average molecular weight is 266 g/mol. The second kappa shape index (κ2) is 6.13. The molecule has 2 fully saturated rings. The van der Waals surface area contributed by atoms with E-state index in [1.807, 2.05) is 0 Å². The first-order chi connectivity index (χ1) is 8.92. The van der Waals surface area contributed by atoms with Crippen LogP contribution in [0.3, 0.4) is 0 Å². The van der Waals surface area contributed by atoms with E-state index in [0.29, 0.717) is 11.5 Å². The number of nitrogens with one attached hydrogen (secondary N) is 1. The van der Waals surface area contributed by atoms with Crippen LogP contribution in [0, 0.1) is 23.2 Å². The van der Waals surface area contributed by atoms with Crippen LogP contribution in [0.2, 0.25) is 0 Å². The van der Waals surface area contributed by atoms with Crippen molar-refractivity contribution < 1.29 is 0 Å². The molecular formula is C17H34N2. The Morgan fingerprint density at radius 1 is 1.16 bits per heavy atom. The average Bonchev–Trinajstić information content (AvgIpc) is 2.26. The molecule has 2 aliphatic rings. The minimum atomic E-state index is 0.463. The molecule has 0 aromatic carbocycles. The molecule has 0 bridgehead atoms. The largest absolute Gasteiger partial charge is 0.316 e. The van der Waals surface area contributed by atoms with Gasteiger partial charge in [-0.15, -0.1) is 0 Å². The van der Waals surface area contributed by atoms with Gasteiger partial charge in [-0.2, -0.15) is 0 Å². The third-order valence-corrected chi connectivity index (χ3v) is 5.46. The SMILES string of the molecule is CNC1C(CN2CC(C)CC(C)C2)CCCC1(C)C. The summed E-state index contributed by atoms with van der Waals surface area (Å²) in [5.41, 5.74) is 0.463. The highest BCUT2D eigenvalue weighted by Crippen LogP contribution is 2.39. The zero-order valence-corrected chi connectivity index (χ0v) is 13.7. The Bertz CT molecular complexity index is 277. The topological polar surface area (TPSA) is 15.3 Å². The summed E-state index contributed by atoms with van der Waals surface area (Å²) in [4.78, 5) is 2.75. The van der Waals surface area contributed by atoms with Crippen LogP contribution in [0.5, 0.6) is 0 Å². The van der Waals surface area contributed by atoms with Crippen LogP contribution < -0.4 is 5.32 Å². The van der Waals surface area contributed by atoms with E-state index in [0.717, 1.165) is 17.8 Å². The Labute approximate surface area is 120 Å². The fourth-order valence-corrected chi connectivity index (χ4v) is 4.88. The van der Waals surface area contributed by atoms with Gasteiger partial charge in [-0.25, -0.2) is 0 Å². The Morgan fingerprint density at radius 3 is 2.37 bits per heavy atom. The molecule has 0 aromatic heterocycles. The molecule has 1 saturated carbocycles.